The number of nitrogens with zero attached hydrogens (tertiary/aromatic N) is 1. The summed E-state index contributed by atoms with van der Waals surface area (Å²) in [5, 5.41) is 2.24. The average molecular weight is 465 g/mol. The molecule has 1 unspecified atom stereocenters. The van der Waals surface area contributed by atoms with Crippen LogP contribution in [0, 0.1) is 0 Å². The first-order chi connectivity index (χ1) is 15.6. The smallest absolute Gasteiger partial charge is 0.410 e. The summed E-state index contributed by atoms with van der Waals surface area (Å²) >= 11 is 0. The van der Waals surface area contributed by atoms with E-state index in [2.05, 4.69) is 12.3 Å². The predicted molar refractivity (Wildman–Crippen MR) is 125 cm³/mol. The van der Waals surface area contributed by atoms with Gasteiger partial charge in [0.25, 0.3) is 0 Å². The Labute approximate surface area is 194 Å². The Morgan fingerprint density at radius 1 is 1.03 bits per heavy atom. The lowest BCUT2D eigenvalue weighted by atomic mass is 9.93. The van der Waals surface area contributed by atoms with Crippen LogP contribution in [0.15, 0.2) is 36.4 Å². The summed E-state index contributed by atoms with van der Waals surface area (Å²) in [5.41, 5.74) is 1.52. The molecule has 0 aromatic heterocycles. The monoisotopic (exact) mass is 464 g/mol. The van der Waals surface area contributed by atoms with E-state index in [1.165, 1.54) is 25.7 Å². The number of carbonyl (C=O) groups is 1. The first-order valence-electron chi connectivity index (χ1n) is 11.9. The second-order valence-corrected chi connectivity index (χ2v) is 9.51. The van der Waals surface area contributed by atoms with Crippen LogP contribution in [0.4, 0.5) is 13.2 Å². The number of hydrazine groups is 1. The third kappa shape index (κ3) is 6.19. The van der Waals surface area contributed by atoms with Crippen molar-refractivity contribution in [3.05, 3.63) is 42.0 Å². The zero-order chi connectivity index (χ0) is 24.1. The fraction of sp³-hybridized carbons (Fsp3) is 0.577. The maximum atomic E-state index is 14.6. The van der Waals surface area contributed by atoms with Crippen molar-refractivity contribution in [2.75, 3.05) is 6.61 Å². The van der Waals surface area contributed by atoms with Gasteiger partial charge in [0.2, 0.25) is 5.91 Å². The number of ether oxygens (including phenoxy) is 1. The van der Waals surface area contributed by atoms with E-state index < -0.39 is 23.7 Å². The Kier molecular flexibility index (Phi) is 8.27. The molecule has 0 spiro atoms. The molecule has 182 valence electrons. The van der Waals surface area contributed by atoms with Crippen LogP contribution in [-0.2, 0) is 4.79 Å². The first kappa shape index (κ1) is 25.3. The van der Waals surface area contributed by atoms with Gasteiger partial charge in [0.15, 0.2) is 6.04 Å². The molecule has 0 aliphatic carbocycles. The molecule has 0 radical (unpaired) electrons. The van der Waals surface area contributed by atoms with Gasteiger partial charge < -0.3 is 4.74 Å². The molecule has 0 saturated carbocycles. The van der Waals surface area contributed by atoms with Crippen molar-refractivity contribution in [1.29, 1.82) is 0 Å². The summed E-state index contributed by atoms with van der Waals surface area (Å²) in [5.74, 6) is -0.195. The summed E-state index contributed by atoms with van der Waals surface area (Å²) in [7, 11) is 0. The Bertz CT molecular complexity index is 943. The number of amides is 1. The topological polar surface area (TPSA) is 41.6 Å². The number of halogens is 3. The van der Waals surface area contributed by atoms with E-state index in [-0.39, 0.29) is 17.7 Å². The SMILES string of the molecule is CCCCCCCCCOc1ccc2ccccc2c1C(N1NC(=O)CC1(C)C)C(F)(F)F. The molecule has 7 heteroatoms. The lowest BCUT2D eigenvalue weighted by Crippen LogP contribution is -2.51. The van der Waals surface area contributed by atoms with Crippen molar-refractivity contribution < 1.29 is 22.7 Å². The highest BCUT2D eigenvalue weighted by Crippen LogP contribution is 2.48. The van der Waals surface area contributed by atoms with Gasteiger partial charge in [-0.3, -0.25) is 10.2 Å². The van der Waals surface area contributed by atoms with Gasteiger partial charge in [0.1, 0.15) is 5.75 Å². The van der Waals surface area contributed by atoms with Crippen LogP contribution in [0.2, 0.25) is 0 Å². The second-order valence-electron chi connectivity index (χ2n) is 9.51. The van der Waals surface area contributed by atoms with Gasteiger partial charge in [0, 0.05) is 17.5 Å². The maximum Gasteiger partial charge on any atom is 0.410 e. The van der Waals surface area contributed by atoms with Crippen LogP contribution in [0.3, 0.4) is 0 Å². The van der Waals surface area contributed by atoms with Crippen molar-refractivity contribution in [3.8, 4) is 5.75 Å². The molecule has 3 rings (SSSR count). The number of unbranched alkanes of at least 4 members (excludes halogenated alkanes) is 6. The minimum absolute atomic E-state index is 0.00142. The van der Waals surface area contributed by atoms with E-state index >= 15 is 0 Å². The fourth-order valence-electron chi connectivity index (χ4n) is 4.58. The van der Waals surface area contributed by atoms with E-state index in [9.17, 15) is 18.0 Å². The van der Waals surface area contributed by atoms with Crippen LogP contribution < -0.4 is 10.2 Å². The largest absolute Gasteiger partial charge is 0.493 e. The number of alkyl halides is 3. The Hall–Kier alpha value is -2.28. The minimum Gasteiger partial charge on any atom is -0.493 e. The molecule has 1 fully saturated rings. The predicted octanol–water partition coefficient (Wildman–Crippen LogP) is 7.09. The fourth-order valence-corrected chi connectivity index (χ4v) is 4.58. The Morgan fingerprint density at radius 2 is 1.70 bits per heavy atom. The number of nitrogens with one attached hydrogen (secondary N) is 1. The van der Waals surface area contributed by atoms with Crippen LogP contribution in [-0.4, -0.2) is 29.2 Å². The van der Waals surface area contributed by atoms with Gasteiger partial charge in [-0.2, -0.15) is 18.2 Å². The molecule has 0 bridgehead atoms. The lowest BCUT2D eigenvalue weighted by molar-refractivity contribution is -0.203. The zero-order valence-electron chi connectivity index (χ0n) is 19.8. The molecule has 33 heavy (non-hydrogen) atoms. The molecule has 1 heterocycles. The highest BCUT2D eigenvalue weighted by atomic mass is 19.4. The minimum atomic E-state index is -4.61. The molecule has 1 atom stereocenters. The average Bonchev–Trinajstić information content (AvgIpc) is 3.01. The van der Waals surface area contributed by atoms with Gasteiger partial charge >= 0.3 is 6.18 Å². The number of hydrogen-bond donors (Lipinski definition) is 1. The number of rotatable bonds is 11. The van der Waals surface area contributed by atoms with Crippen molar-refractivity contribution in [1.82, 2.24) is 10.4 Å². The van der Waals surface area contributed by atoms with Crippen LogP contribution >= 0.6 is 0 Å². The summed E-state index contributed by atoms with van der Waals surface area (Å²) < 4.78 is 49.7. The molecule has 1 amide bonds. The highest BCUT2D eigenvalue weighted by molar-refractivity contribution is 5.88. The van der Waals surface area contributed by atoms with Crippen LogP contribution in [0.5, 0.6) is 5.75 Å². The number of fused-ring (bicyclic) bond motifs is 1. The van der Waals surface area contributed by atoms with E-state index in [1.54, 1.807) is 50.2 Å². The highest BCUT2D eigenvalue weighted by Gasteiger charge is 2.54. The van der Waals surface area contributed by atoms with E-state index in [0.29, 0.717) is 17.4 Å². The molecule has 1 saturated heterocycles. The van der Waals surface area contributed by atoms with Crippen molar-refractivity contribution in [2.45, 2.75) is 89.9 Å². The number of hydrogen-bond acceptors (Lipinski definition) is 3. The Morgan fingerprint density at radius 3 is 2.33 bits per heavy atom. The normalized spacial score (nSPS) is 17.3. The second kappa shape index (κ2) is 10.8. The summed E-state index contributed by atoms with van der Waals surface area (Å²) in [6.07, 6.45) is 3.10. The van der Waals surface area contributed by atoms with Gasteiger partial charge in [-0.05, 0) is 37.1 Å². The third-order valence-electron chi connectivity index (χ3n) is 6.27. The zero-order valence-corrected chi connectivity index (χ0v) is 19.8. The van der Waals surface area contributed by atoms with E-state index in [1.807, 2.05) is 0 Å². The van der Waals surface area contributed by atoms with Crippen LogP contribution in [0.25, 0.3) is 10.8 Å². The van der Waals surface area contributed by atoms with Gasteiger partial charge in [0.05, 0.1) is 6.61 Å². The molecular formula is C26H35F3N2O2. The van der Waals surface area contributed by atoms with Crippen LogP contribution in [0.1, 0.15) is 83.7 Å². The van der Waals surface area contributed by atoms with Crippen molar-refractivity contribution in [2.24, 2.45) is 0 Å². The molecule has 1 aliphatic rings. The quantitative estimate of drug-likeness (QED) is 0.361. The number of carbonyl (C=O) groups excluding carboxylic acids is 1. The van der Waals surface area contributed by atoms with E-state index in [4.69, 9.17) is 4.74 Å². The first-order valence-corrected chi connectivity index (χ1v) is 11.9. The van der Waals surface area contributed by atoms with Crippen molar-refractivity contribution >= 4 is 16.7 Å². The standard InChI is InChI=1S/C26H35F3N2O2/c1-4-5-6-7-8-9-12-17-33-21-16-15-19-13-10-11-14-20(19)23(21)24(26(27,28)29)31-25(2,3)18-22(32)30-31/h10-11,13-16,24H,4-9,12,17-18H2,1-3H3,(H,30,32). The Balaban J connectivity index is 1.89. The summed E-state index contributed by atoms with van der Waals surface area (Å²) in [4.78, 5) is 12.1. The third-order valence-corrected chi connectivity index (χ3v) is 6.27. The summed E-state index contributed by atoms with van der Waals surface area (Å²) in [6, 6.07) is 8.41. The molecule has 4 nitrogen and oxygen atoms in total. The maximum absolute atomic E-state index is 14.6. The lowest BCUT2D eigenvalue weighted by Gasteiger charge is -2.38. The summed E-state index contributed by atoms with van der Waals surface area (Å²) in [6.45, 7) is 5.83. The van der Waals surface area contributed by atoms with Gasteiger partial charge in [-0.15, -0.1) is 0 Å². The molecule has 1 N–H and O–H groups in total. The van der Waals surface area contributed by atoms with Gasteiger partial charge in [-0.25, -0.2) is 0 Å². The molecule has 1 aliphatic heterocycles. The molecular weight excluding hydrogens is 429 g/mol. The molecule has 2 aromatic carbocycles. The number of benzene rings is 2. The van der Waals surface area contributed by atoms with E-state index in [0.717, 1.165) is 24.3 Å². The van der Waals surface area contributed by atoms with Crippen molar-refractivity contribution in [3.63, 3.8) is 0 Å². The molecule has 2 aromatic rings. The van der Waals surface area contributed by atoms with Gasteiger partial charge in [-0.1, -0.05) is 75.8 Å².